The molecule has 2 rings (SSSR count). The van der Waals surface area contributed by atoms with Gasteiger partial charge in [-0.1, -0.05) is 51.1 Å². The molecule has 4 nitrogen and oxygen atoms in total. The highest BCUT2D eigenvalue weighted by Gasteiger charge is 2.37. The van der Waals surface area contributed by atoms with Crippen LogP contribution in [-0.2, 0) is 11.0 Å². The van der Waals surface area contributed by atoms with Crippen LogP contribution in [0.1, 0.15) is 36.7 Å². The van der Waals surface area contributed by atoms with E-state index in [4.69, 9.17) is 10.2 Å². The molecule has 2 aromatic carbocycles. The van der Waals surface area contributed by atoms with Crippen molar-refractivity contribution < 1.29 is 9.22 Å². The van der Waals surface area contributed by atoms with Crippen LogP contribution < -0.4 is 11.1 Å². The van der Waals surface area contributed by atoms with Gasteiger partial charge in [0.1, 0.15) is 0 Å². The number of hydrogen-bond acceptors (Lipinski definition) is 3. The number of anilines is 2. The van der Waals surface area contributed by atoms with Gasteiger partial charge in [0.05, 0.1) is 12.2 Å². The number of hydrogen-bond donors (Lipinski definition) is 2. The van der Waals surface area contributed by atoms with E-state index in [-0.39, 0.29) is 10.9 Å². The van der Waals surface area contributed by atoms with Crippen LogP contribution >= 0.6 is 0 Å². The molecule has 0 heterocycles. The van der Waals surface area contributed by atoms with Crippen molar-refractivity contribution in [1.29, 1.82) is 0 Å². The Morgan fingerprint density at radius 3 is 2.32 bits per heavy atom. The molecule has 2 aromatic rings. The molecule has 0 saturated heterocycles. The highest BCUT2D eigenvalue weighted by Crippen LogP contribution is 2.37. The number of benzene rings is 2. The molecule has 134 valence electrons. The molecule has 0 fully saturated rings. The number of nitrogens with one attached hydrogen (secondary N) is 1. The average molecular weight is 357 g/mol. The van der Waals surface area contributed by atoms with Crippen molar-refractivity contribution in [2.75, 3.05) is 11.1 Å². The van der Waals surface area contributed by atoms with Gasteiger partial charge in [-0.05, 0) is 41.9 Å². The monoisotopic (exact) mass is 356 g/mol. The molecule has 0 aromatic heterocycles. The van der Waals surface area contributed by atoms with Gasteiger partial charge >= 0.3 is 0 Å². The number of rotatable bonds is 5. The number of carbonyl (C=O) groups is 1. The molecular weight excluding hydrogens is 328 g/mol. The van der Waals surface area contributed by atoms with Crippen molar-refractivity contribution in [3.05, 3.63) is 59.7 Å². The van der Waals surface area contributed by atoms with E-state index < -0.39 is 8.32 Å². The van der Waals surface area contributed by atoms with Crippen LogP contribution in [0, 0.1) is 0 Å². The van der Waals surface area contributed by atoms with E-state index in [1.165, 1.54) is 0 Å². The third kappa shape index (κ3) is 4.71. The predicted octanol–water partition coefficient (Wildman–Crippen LogP) is 5.04. The highest BCUT2D eigenvalue weighted by atomic mass is 28.4. The van der Waals surface area contributed by atoms with Crippen molar-refractivity contribution in [3.63, 3.8) is 0 Å². The molecular formula is C20H28N2O2Si. The fourth-order valence-corrected chi connectivity index (χ4v) is 3.09. The molecule has 0 aliphatic rings. The van der Waals surface area contributed by atoms with E-state index >= 15 is 0 Å². The van der Waals surface area contributed by atoms with Gasteiger partial charge in [-0.2, -0.15) is 0 Å². The average Bonchev–Trinajstić information content (AvgIpc) is 2.53. The highest BCUT2D eigenvalue weighted by molar-refractivity contribution is 6.74. The minimum absolute atomic E-state index is 0.143. The number of nitrogens with two attached hydrogens (primary N) is 1. The topological polar surface area (TPSA) is 64.3 Å². The number of carbonyl (C=O) groups excluding carboxylic acids is 1. The summed E-state index contributed by atoms with van der Waals surface area (Å²) in [5.41, 5.74) is 8.57. The Bertz CT molecular complexity index is 751. The third-order valence-electron chi connectivity index (χ3n) is 4.87. The fraction of sp³-hybridized carbons (Fsp3) is 0.350. The Labute approximate surface area is 151 Å². The number of para-hydroxylation sites is 2. The quantitative estimate of drug-likeness (QED) is 0.582. The third-order valence-corrected chi connectivity index (χ3v) is 9.34. The van der Waals surface area contributed by atoms with Crippen LogP contribution in [-0.4, -0.2) is 14.2 Å². The minimum Gasteiger partial charge on any atom is -0.412 e. The second-order valence-corrected chi connectivity index (χ2v) is 12.6. The zero-order chi connectivity index (χ0) is 18.7. The van der Waals surface area contributed by atoms with E-state index in [1.54, 1.807) is 18.2 Å². The summed E-state index contributed by atoms with van der Waals surface area (Å²) in [6, 6.07) is 14.8. The largest absolute Gasteiger partial charge is 0.412 e. The summed E-state index contributed by atoms with van der Waals surface area (Å²) in [4.78, 5) is 12.5. The first-order chi connectivity index (χ1) is 11.6. The Hall–Kier alpha value is -2.11. The summed E-state index contributed by atoms with van der Waals surface area (Å²) in [5.74, 6) is -0.210. The van der Waals surface area contributed by atoms with Gasteiger partial charge in [0.2, 0.25) is 0 Å². The van der Waals surface area contributed by atoms with Gasteiger partial charge in [-0.3, -0.25) is 4.79 Å². The van der Waals surface area contributed by atoms with Crippen molar-refractivity contribution >= 4 is 25.6 Å². The summed E-state index contributed by atoms with van der Waals surface area (Å²) in [5, 5.41) is 3.10. The zero-order valence-corrected chi connectivity index (χ0v) is 16.7. The molecule has 0 aliphatic heterocycles. The second-order valence-electron chi connectivity index (χ2n) is 7.75. The van der Waals surface area contributed by atoms with Gasteiger partial charge < -0.3 is 15.5 Å². The Kier molecular flexibility index (Phi) is 5.70. The predicted molar refractivity (Wildman–Crippen MR) is 107 cm³/mol. The van der Waals surface area contributed by atoms with Gasteiger partial charge in [-0.25, -0.2) is 0 Å². The maximum Gasteiger partial charge on any atom is 0.257 e. The summed E-state index contributed by atoms with van der Waals surface area (Å²) < 4.78 is 6.29. The molecule has 5 heteroatoms. The second kappa shape index (κ2) is 7.41. The number of amides is 1. The zero-order valence-electron chi connectivity index (χ0n) is 15.7. The first-order valence-electron chi connectivity index (χ1n) is 8.49. The molecule has 3 N–H and O–H groups in total. The van der Waals surface area contributed by atoms with Crippen molar-refractivity contribution in [1.82, 2.24) is 0 Å². The molecule has 25 heavy (non-hydrogen) atoms. The van der Waals surface area contributed by atoms with Gasteiger partial charge in [0.25, 0.3) is 5.91 Å². The lowest BCUT2D eigenvalue weighted by atomic mass is 10.1. The SMILES string of the molecule is CC(C)(C)[Si](C)(C)OCc1ccccc1NC(=O)c1ccccc1N. The van der Waals surface area contributed by atoms with Crippen LogP contribution in [0.25, 0.3) is 0 Å². The van der Waals surface area contributed by atoms with E-state index in [9.17, 15) is 4.79 Å². The van der Waals surface area contributed by atoms with E-state index in [0.29, 0.717) is 17.9 Å². The van der Waals surface area contributed by atoms with E-state index in [1.807, 2.05) is 30.3 Å². The first-order valence-corrected chi connectivity index (χ1v) is 11.4. The van der Waals surface area contributed by atoms with Gasteiger partial charge in [-0.15, -0.1) is 0 Å². The van der Waals surface area contributed by atoms with Gasteiger partial charge in [0, 0.05) is 11.4 Å². The molecule has 0 atom stereocenters. The van der Waals surface area contributed by atoms with E-state index in [2.05, 4.69) is 39.2 Å². The Morgan fingerprint density at radius 2 is 1.68 bits per heavy atom. The smallest absolute Gasteiger partial charge is 0.257 e. The summed E-state index contributed by atoms with van der Waals surface area (Å²) >= 11 is 0. The molecule has 0 unspecified atom stereocenters. The van der Waals surface area contributed by atoms with E-state index in [0.717, 1.165) is 11.3 Å². The Morgan fingerprint density at radius 1 is 1.08 bits per heavy atom. The maximum absolute atomic E-state index is 12.5. The lowest BCUT2D eigenvalue weighted by Gasteiger charge is -2.36. The molecule has 0 bridgehead atoms. The normalized spacial score (nSPS) is 12.0. The van der Waals surface area contributed by atoms with Crippen LogP contribution in [0.3, 0.4) is 0 Å². The van der Waals surface area contributed by atoms with Crippen molar-refractivity contribution in [2.45, 2.75) is 45.5 Å². The summed E-state index contributed by atoms with van der Waals surface area (Å²) in [6.07, 6.45) is 0. The van der Waals surface area contributed by atoms with Crippen LogP contribution in [0.4, 0.5) is 11.4 Å². The first kappa shape index (κ1) is 19.2. The molecule has 1 amide bonds. The maximum atomic E-state index is 12.5. The minimum atomic E-state index is -1.86. The van der Waals surface area contributed by atoms with Crippen LogP contribution in [0.2, 0.25) is 18.1 Å². The van der Waals surface area contributed by atoms with Crippen LogP contribution in [0.5, 0.6) is 0 Å². The summed E-state index contributed by atoms with van der Waals surface area (Å²) in [6.45, 7) is 11.6. The van der Waals surface area contributed by atoms with Crippen LogP contribution in [0.15, 0.2) is 48.5 Å². The molecule has 0 saturated carbocycles. The standard InChI is InChI=1S/C20H28N2O2Si/c1-20(2,3)25(4,5)24-14-15-10-6-9-13-18(15)22-19(23)16-11-7-8-12-17(16)21/h6-13H,14,21H2,1-5H3,(H,22,23). The lowest BCUT2D eigenvalue weighted by molar-refractivity contribution is 0.102. The number of nitrogen functional groups attached to an aromatic ring is 1. The fourth-order valence-electron chi connectivity index (χ4n) is 2.14. The van der Waals surface area contributed by atoms with Crippen molar-refractivity contribution in [2.24, 2.45) is 0 Å². The van der Waals surface area contributed by atoms with Gasteiger partial charge in [0.15, 0.2) is 8.32 Å². The van der Waals surface area contributed by atoms with Crippen molar-refractivity contribution in [3.8, 4) is 0 Å². The molecule has 0 aliphatic carbocycles. The molecule has 0 radical (unpaired) electrons. The lowest BCUT2D eigenvalue weighted by Crippen LogP contribution is -2.40. The Balaban J connectivity index is 2.16. The summed E-state index contributed by atoms with van der Waals surface area (Å²) in [7, 11) is -1.86. The molecule has 0 spiro atoms.